The largest absolute Gasteiger partial charge is 0.335 e. The van der Waals surface area contributed by atoms with Gasteiger partial charge < -0.3 is 9.47 Å². The van der Waals surface area contributed by atoms with E-state index >= 15 is 0 Å². The van der Waals surface area contributed by atoms with Crippen molar-refractivity contribution >= 4 is 5.91 Å². The Morgan fingerprint density at radius 2 is 1.73 bits per heavy atom. The third-order valence-electron chi connectivity index (χ3n) is 5.74. The fraction of sp³-hybridized carbons (Fsp3) is 0.280. The smallest absolute Gasteiger partial charge is 0.272 e. The van der Waals surface area contributed by atoms with E-state index in [1.807, 2.05) is 41.6 Å². The molecule has 0 atom stereocenters. The van der Waals surface area contributed by atoms with Crippen molar-refractivity contribution in [2.45, 2.75) is 20.4 Å². The van der Waals surface area contributed by atoms with E-state index < -0.39 is 0 Å². The van der Waals surface area contributed by atoms with Crippen molar-refractivity contribution in [3.05, 3.63) is 88.7 Å². The predicted molar refractivity (Wildman–Crippen MR) is 118 cm³/mol. The summed E-state index contributed by atoms with van der Waals surface area (Å²) in [7, 11) is 0. The second-order valence-electron chi connectivity index (χ2n) is 7.90. The molecular weight excluding hydrogens is 372 g/mol. The summed E-state index contributed by atoms with van der Waals surface area (Å²) in [5.74, 6) is -0.0724. The number of rotatable bonds is 4. The van der Waals surface area contributed by atoms with Crippen molar-refractivity contribution in [1.82, 2.24) is 14.4 Å². The van der Waals surface area contributed by atoms with Gasteiger partial charge in [-0.05, 0) is 42.7 Å². The van der Waals surface area contributed by atoms with Gasteiger partial charge in [0.25, 0.3) is 5.91 Å². The van der Waals surface area contributed by atoms with Crippen LogP contribution in [0.3, 0.4) is 0 Å². The highest BCUT2D eigenvalue weighted by molar-refractivity contribution is 5.96. The van der Waals surface area contributed by atoms with Crippen LogP contribution in [-0.4, -0.2) is 46.5 Å². The highest BCUT2D eigenvalue weighted by Gasteiger charge is 2.27. The molecule has 152 valence electrons. The van der Waals surface area contributed by atoms with Gasteiger partial charge in [-0.15, -0.1) is 0 Å². The molecule has 2 aromatic carbocycles. The predicted octanol–water partition coefficient (Wildman–Crippen LogP) is 3.92. The number of hydrogen-bond donors (Lipinski definition) is 0. The minimum absolute atomic E-state index is 0.0724. The lowest BCUT2D eigenvalue weighted by atomic mass is 10.1. The first-order valence-corrected chi connectivity index (χ1v) is 10.3. The highest BCUT2D eigenvalue weighted by Crippen LogP contribution is 2.23. The monoisotopic (exact) mass is 398 g/mol. The van der Waals surface area contributed by atoms with Crippen molar-refractivity contribution < 1.29 is 4.79 Å². The normalized spacial score (nSPS) is 14.5. The van der Waals surface area contributed by atoms with Crippen LogP contribution < -0.4 is 0 Å². The average Bonchev–Trinajstić information content (AvgIpc) is 3.20. The Kier molecular flexibility index (Phi) is 5.69. The van der Waals surface area contributed by atoms with Crippen LogP contribution in [0.4, 0.5) is 0 Å². The first-order valence-electron chi connectivity index (χ1n) is 10.3. The topological polar surface area (TPSA) is 52.3 Å². The lowest BCUT2D eigenvalue weighted by Gasteiger charge is -2.35. The molecule has 30 heavy (non-hydrogen) atoms. The second kappa shape index (κ2) is 8.56. The number of aromatic nitrogens is 1. The van der Waals surface area contributed by atoms with E-state index in [0.29, 0.717) is 24.3 Å². The van der Waals surface area contributed by atoms with Crippen LogP contribution in [0.15, 0.2) is 60.8 Å². The van der Waals surface area contributed by atoms with Crippen LogP contribution in [0.1, 0.15) is 32.7 Å². The quantitative estimate of drug-likeness (QED) is 0.669. The molecule has 1 aliphatic heterocycles. The Hall–Kier alpha value is -3.36. The molecule has 3 aromatic rings. The van der Waals surface area contributed by atoms with Gasteiger partial charge in [-0.3, -0.25) is 9.69 Å². The Balaban J connectivity index is 1.54. The van der Waals surface area contributed by atoms with E-state index in [1.165, 1.54) is 5.56 Å². The van der Waals surface area contributed by atoms with E-state index in [2.05, 4.69) is 47.4 Å². The summed E-state index contributed by atoms with van der Waals surface area (Å²) < 4.78 is 1.87. The maximum absolute atomic E-state index is 13.4. The number of piperazine rings is 1. The number of hydrogen-bond acceptors (Lipinski definition) is 3. The summed E-state index contributed by atoms with van der Waals surface area (Å²) >= 11 is 0. The van der Waals surface area contributed by atoms with Crippen LogP contribution in [0.25, 0.3) is 5.69 Å². The molecule has 2 heterocycles. The molecule has 1 aromatic heterocycles. The zero-order valence-corrected chi connectivity index (χ0v) is 17.5. The van der Waals surface area contributed by atoms with E-state index in [4.69, 9.17) is 0 Å². The number of carbonyl (C=O) groups excluding carboxylic acids is 1. The number of aryl methyl sites for hydroxylation is 2. The summed E-state index contributed by atoms with van der Waals surface area (Å²) in [5, 5.41) is 9.61. The van der Waals surface area contributed by atoms with Gasteiger partial charge in [0, 0.05) is 44.6 Å². The molecule has 0 aliphatic carbocycles. The van der Waals surface area contributed by atoms with Crippen molar-refractivity contribution in [1.29, 1.82) is 5.26 Å². The maximum atomic E-state index is 13.4. The van der Waals surface area contributed by atoms with Crippen LogP contribution in [-0.2, 0) is 6.54 Å². The summed E-state index contributed by atoms with van der Waals surface area (Å²) in [6.45, 7) is 7.93. The molecule has 5 heteroatoms. The minimum Gasteiger partial charge on any atom is -0.335 e. The minimum atomic E-state index is -0.0724. The molecule has 0 N–H and O–H groups in total. The van der Waals surface area contributed by atoms with Gasteiger partial charge in [0.2, 0.25) is 0 Å². The van der Waals surface area contributed by atoms with Gasteiger partial charge in [0.05, 0.1) is 5.56 Å². The van der Waals surface area contributed by atoms with Gasteiger partial charge in [0.15, 0.2) is 0 Å². The van der Waals surface area contributed by atoms with Crippen LogP contribution in [0.5, 0.6) is 0 Å². The molecule has 0 radical (unpaired) electrons. The van der Waals surface area contributed by atoms with Gasteiger partial charge in [-0.25, -0.2) is 0 Å². The third kappa shape index (κ3) is 4.00. The molecule has 1 fully saturated rings. The Morgan fingerprint density at radius 3 is 2.43 bits per heavy atom. The molecular formula is C25H26N4O. The molecule has 0 spiro atoms. The Morgan fingerprint density at radius 1 is 1.00 bits per heavy atom. The Labute approximate surface area is 177 Å². The maximum Gasteiger partial charge on any atom is 0.272 e. The average molecular weight is 399 g/mol. The molecule has 1 aliphatic rings. The molecule has 0 unspecified atom stereocenters. The summed E-state index contributed by atoms with van der Waals surface area (Å²) in [5.41, 5.74) is 5.31. The highest BCUT2D eigenvalue weighted by atomic mass is 16.2. The van der Waals surface area contributed by atoms with Gasteiger partial charge >= 0.3 is 0 Å². The van der Waals surface area contributed by atoms with Crippen LogP contribution >= 0.6 is 0 Å². The standard InChI is InChI=1S/C25H26N4O/c1-19-8-9-20(2)23(16-19)29-11-10-22(17-26)24(29)25(30)28-14-12-27(13-15-28)18-21-6-4-3-5-7-21/h3-11,16H,12-15,18H2,1-2H3. The zero-order chi connectivity index (χ0) is 21.1. The van der Waals surface area contributed by atoms with Crippen molar-refractivity contribution in [3.8, 4) is 11.8 Å². The summed E-state index contributed by atoms with van der Waals surface area (Å²) in [4.78, 5) is 17.7. The Bertz CT molecular complexity index is 1090. The van der Waals surface area contributed by atoms with Gasteiger partial charge in [0.1, 0.15) is 11.8 Å². The molecule has 1 amide bonds. The van der Waals surface area contributed by atoms with Gasteiger partial charge in [-0.2, -0.15) is 5.26 Å². The fourth-order valence-electron chi connectivity index (χ4n) is 4.02. The number of nitriles is 1. The van der Waals surface area contributed by atoms with Gasteiger partial charge in [-0.1, -0.05) is 42.5 Å². The SMILES string of the molecule is Cc1ccc(C)c(-n2ccc(C#N)c2C(=O)N2CCN(Cc3ccccc3)CC2)c1. The number of benzene rings is 2. The zero-order valence-electron chi connectivity index (χ0n) is 17.5. The molecule has 5 nitrogen and oxygen atoms in total. The third-order valence-corrected chi connectivity index (χ3v) is 5.74. The van der Waals surface area contributed by atoms with E-state index in [-0.39, 0.29) is 5.91 Å². The summed E-state index contributed by atoms with van der Waals surface area (Å²) in [6, 6.07) is 20.5. The molecule has 4 rings (SSSR count). The number of nitrogens with zero attached hydrogens (tertiary/aromatic N) is 4. The van der Waals surface area contributed by atoms with E-state index in [1.54, 1.807) is 6.07 Å². The first kappa shape index (κ1) is 19.9. The molecule has 0 bridgehead atoms. The van der Waals surface area contributed by atoms with Crippen LogP contribution in [0, 0.1) is 25.2 Å². The lowest BCUT2D eigenvalue weighted by Crippen LogP contribution is -2.48. The first-order chi connectivity index (χ1) is 14.6. The number of amides is 1. The lowest BCUT2D eigenvalue weighted by molar-refractivity contribution is 0.0620. The van der Waals surface area contributed by atoms with Crippen molar-refractivity contribution in [2.24, 2.45) is 0 Å². The van der Waals surface area contributed by atoms with Crippen LogP contribution in [0.2, 0.25) is 0 Å². The molecule has 0 saturated carbocycles. The van der Waals surface area contributed by atoms with Crippen molar-refractivity contribution in [3.63, 3.8) is 0 Å². The van der Waals surface area contributed by atoms with Crippen molar-refractivity contribution in [2.75, 3.05) is 26.2 Å². The second-order valence-corrected chi connectivity index (χ2v) is 7.90. The number of carbonyl (C=O) groups is 1. The molecule has 1 saturated heterocycles. The fourth-order valence-corrected chi connectivity index (χ4v) is 4.02. The van der Waals surface area contributed by atoms with E-state index in [9.17, 15) is 10.1 Å². The summed E-state index contributed by atoms with van der Waals surface area (Å²) in [6.07, 6.45) is 1.83. The van der Waals surface area contributed by atoms with E-state index in [0.717, 1.165) is 36.4 Å².